The second-order valence-corrected chi connectivity index (χ2v) is 6.32. The monoisotopic (exact) mass is 277 g/mol. The Kier molecular flexibility index (Phi) is 4.01. The summed E-state index contributed by atoms with van der Waals surface area (Å²) in [6.07, 6.45) is 12.2. The molecule has 0 radical (unpaired) electrons. The normalized spacial score (nSPS) is 32.0. The molecule has 2 N–H and O–H groups in total. The van der Waals surface area contributed by atoms with Crippen LogP contribution in [0.5, 0.6) is 0 Å². The molecule has 3 rings (SSSR count). The van der Waals surface area contributed by atoms with Crippen molar-refractivity contribution in [2.24, 2.45) is 10.4 Å². The average molecular weight is 277 g/mol. The summed E-state index contributed by atoms with van der Waals surface area (Å²) in [6.45, 7) is 2.93. The lowest BCUT2D eigenvalue weighted by atomic mass is 9.51. The van der Waals surface area contributed by atoms with Crippen LogP contribution in [-0.2, 0) is 4.74 Å². The third-order valence-electron chi connectivity index (χ3n) is 5.32. The van der Waals surface area contributed by atoms with Gasteiger partial charge < -0.3 is 15.4 Å². The van der Waals surface area contributed by atoms with Crippen LogP contribution in [0.3, 0.4) is 0 Å². The van der Waals surface area contributed by atoms with E-state index in [1.165, 1.54) is 19.3 Å². The van der Waals surface area contributed by atoms with Gasteiger partial charge in [-0.15, -0.1) is 0 Å². The van der Waals surface area contributed by atoms with E-state index in [1.54, 1.807) is 0 Å². The maximum absolute atomic E-state index is 5.90. The van der Waals surface area contributed by atoms with Gasteiger partial charge in [0.25, 0.3) is 0 Å². The first-order chi connectivity index (χ1) is 9.78. The Balaban J connectivity index is 1.54. The minimum absolute atomic E-state index is 0.390. The van der Waals surface area contributed by atoms with E-state index in [9.17, 15) is 0 Å². The molecule has 0 aromatic rings. The van der Waals surface area contributed by atoms with E-state index in [-0.39, 0.29) is 0 Å². The summed E-state index contributed by atoms with van der Waals surface area (Å²) >= 11 is 0. The van der Waals surface area contributed by atoms with Crippen LogP contribution in [-0.4, -0.2) is 37.8 Å². The quantitative estimate of drug-likeness (QED) is 0.470. The topological polar surface area (TPSA) is 45.6 Å². The molecule has 0 saturated heterocycles. The number of aliphatic imine (C=N–C) groups is 1. The third kappa shape index (κ3) is 2.34. The first-order valence-electron chi connectivity index (χ1n) is 8.05. The summed E-state index contributed by atoms with van der Waals surface area (Å²) in [5.74, 6) is 0.963. The largest absolute Gasteiger partial charge is 0.378 e. The first kappa shape index (κ1) is 13.9. The van der Waals surface area contributed by atoms with Gasteiger partial charge in [-0.3, -0.25) is 4.99 Å². The molecular weight excluding hydrogens is 250 g/mol. The number of nitrogens with one attached hydrogen (secondary N) is 2. The fourth-order valence-corrected chi connectivity index (χ4v) is 3.90. The molecule has 2 atom stereocenters. The van der Waals surface area contributed by atoms with Crippen LogP contribution >= 0.6 is 0 Å². The number of guanidine groups is 1. The van der Waals surface area contributed by atoms with Crippen LogP contribution < -0.4 is 10.6 Å². The lowest BCUT2D eigenvalue weighted by molar-refractivity contribution is -0.168. The van der Waals surface area contributed by atoms with Gasteiger partial charge in [0, 0.05) is 31.2 Å². The number of rotatable bonds is 4. The summed E-state index contributed by atoms with van der Waals surface area (Å²) in [6, 6.07) is 1.05. The van der Waals surface area contributed by atoms with Crippen molar-refractivity contribution in [1.82, 2.24) is 10.6 Å². The lowest BCUT2D eigenvalue weighted by Crippen LogP contribution is -2.68. The molecule has 4 heteroatoms. The van der Waals surface area contributed by atoms with E-state index in [1.807, 2.05) is 7.05 Å². The Morgan fingerprint density at radius 2 is 2.05 bits per heavy atom. The summed E-state index contributed by atoms with van der Waals surface area (Å²) in [7, 11) is 1.86. The summed E-state index contributed by atoms with van der Waals surface area (Å²) in [5, 5.41) is 7.18. The van der Waals surface area contributed by atoms with Gasteiger partial charge in [0.2, 0.25) is 0 Å². The van der Waals surface area contributed by atoms with Crippen LogP contribution in [0.2, 0.25) is 0 Å². The molecule has 0 bridgehead atoms. The molecule has 2 saturated carbocycles. The van der Waals surface area contributed by atoms with Crippen molar-refractivity contribution in [2.45, 2.75) is 63.6 Å². The van der Waals surface area contributed by atoms with Crippen LogP contribution in [0.1, 0.15) is 45.4 Å². The minimum atomic E-state index is 0.390. The van der Waals surface area contributed by atoms with E-state index < -0.39 is 0 Å². The highest BCUT2D eigenvalue weighted by molar-refractivity contribution is 5.80. The number of nitrogens with zero attached hydrogens (tertiary/aromatic N) is 1. The Bertz CT molecular complexity index is 393. The molecular formula is C16H27N3O. The van der Waals surface area contributed by atoms with E-state index in [4.69, 9.17) is 4.74 Å². The van der Waals surface area contributed by atoms with Gasteiger partial charge in [0.1, 0.15) is 0 Å². The maximum atomic E-state index is 5.90. The molecule has 3 aliphatic carbocycles. The molecule has 0 aromatic carbocycles. The Morgan fingerprint density at radius 1 is 1.30 bits per heavy atom. The number of hydrogen-bond acceptors (Lipinski definition) is 2. The lowest BCUT2D eigenvalue weighted by Gasteiger charge is -2.61. The van der Waals surface area contributed by atoms with Crippen molar-refractivity contribution in [1.29, 1.82) is 0 Å². The van der Waals surface area contributed by atoms with E-state index in [0.29, 0.717) is 23.6 Å². The van der Waals surface area contributed by atoms with Gasteiger partial charge in [-0.05, 0) is 39.0 Å². The highest BCUT2D eigenvalue weighted by Crippen LogP contribution is 2.57. The first-order valence-corrected chi connectivity index (χ1v) is 8.05. The zero-order chi connectivity index (χ0) is 14.0. The summed E-state index contributed by atoms with van der Waals surface area (Å²) in [4.78, 5) is 4.39. The van der Waals surface area contributed by atoms with E-state index in [2.05, 4.69) is 34.7 Å². The molecule has 1 spiro atoms. The molecule has 2 unspecified atom stereocenters. The molecule has 112 valence electrons. The molecule has 0 heterocycles. The Morgan fingerprint density at radius 3 is 2.60 bits per heavy atom. The maximum Gasteiger partial charge on any atom is 0.191 e. The zero-order valence-corrected chi connectivity index (χ0v) is 12.7. The van der Waals surface area contributed by atoms with Gasteiger partial charge in [0.05, 0.1) is 6.10 Å². The molecule has 3 aliphatic rings. The number of ether oxygens (including phenoxy) is 1. The predicted molar refractivity (Wildman–Crippen MR) is 81.9 cm³/mol. The predicted octanol–water partition coefficient (Wildman–Crippen LogP) is 2.22. The van der Waals surface area contributed by atoms with Crippen molar-refractivity contribution in [3.63, 3.8) is 0 Å². The van der Waals surface area contributed by atoms with Crippen LogP contribution in [0.15, 0.2) is 17.1 Å². The van der Waals surface area contributed by atoms with Gasteiger partial charge in [0.15, 0.2) is 5.96 Å². The standard InChI is InChI=1S/C16H27N3O/c1-3-20-14-11-13(16(14)9-6-10-16)19-15(17-2)18-12-7-4-5-8-12/h4-5,12-14H,3,6-11H2,1-2H3,(H2,17,18,19). The number of hydrogen-bond donors (Lipinski definition) is 2. The van der Waals surface area contributed by atoms with Crippen LogP contribution in [0.4, 0.5) is 0 Å². The van der Waals surface area contributed by atoms with Gasteiger partial charge in [-0.1, -0.05) is 18.6 Å². The average Bonchev–Trinajstić information content (AvgIpc) is 2.87. The molecule has 0 aliphatic heterocycles. The van der Waals surface area contributed by atoms with Crippen LogP contribution in [0.25, 0.3) is 0 Å². The Hall–Kier alpha value is -1.03. The van der Waals surface area contributed by atoms with Gasteiger partial charge >= 0.3 is 0 Å². The van der Waals surface area contributed by atoms with Crippen molar-refractivity contribution >= 4 is 5.96 Å². The minimum Gasteiger partial charge on any atom is -0.378 e. The SMILES string of the molecule is CCOC1CC(NC(=NC)NC2CC=CC2)C12CCC2. The second kappa shape index (κ2) is 5.76. The molecule has 2 fully saturated rings. The van der Waals surface area contributed by atoms with Crippen molar-refractivity contribution < 1.29 is 4.74 Å². The zero-order valence-electron chi connectivity index (χ0n) is 12.7. The highest BCUT2D eigenvalue weighted by Gasteiger charge is 2.59. The fraction of sp³-hybridized carbons (Fsp3) is 0.812. The summed E-state index contributed by atoms with van der Waals surface area (Å²) < 4.78 is 5.90. The fourth-order valence-electron chi connectivity index (χ4n) is 3.90. The summed E-state index contributed by atoms with van der Waals surface area (Å²) in [5.41, 5.74) is 0.390. The van der Waals surface area contributed by atoms with Gasteiger partial charge in [-0.2, -0.15) is 0 Å². The second-order valence-electron chi connectivity index (χ2n) is 6.32. The van der Waals surface area contributed by atoms with Crippen molar-refractivity contribution in [2.75, 3.05) is 13.7 Å². The van der Waals surface area contributed by atoms with E-state index in [0.717, 1.165) is 31.8 Å². The molecule has 0 amide bonds. The smallest absolute Gasteiger partial charge is 0.191 e. The van der Waals surface area contributed by atoms with Crippen molar-refractivity contribution in [3.05, 3.63) is 12.2 Å². The van der Waals surface area contributed by atoms with Gasteiger partial charge in [-0.25, -0.2) is 0 Å². The molecule has 20 heavy (non-hydrogen) atoms. The molecule has 4 nitrogen and oxygen atoms in total. The Labute approximate surface area is 122 Å². The highest BCUT2D eigenvalue weighted by atomic mass is 16.5. The molecule has 0 aromatic heterocycles. The van der Waals surface area contributed by atoms with Crippen molar-refractivity contribution in [3.8, 4) is 0 Å². The van der Waals surface area contributed by atoms with Crippen LogP contribution in [0, 0.1) is 5.41 Å². The van der Waals surface area contributed by atoms with E-state index >= 15 is 0 Å². The third-order valence-corrected chi connectivity index (χ3v) is 5.32.